The van der Waals surface area contributed by atoms with Gasteiger partial charge in [0.25, 0.3) is 5.91 Å². The second kappa shape index (κ2) is 8.30. The fourth-order valence-electron chi connectivity index (χ4n) is 2.80. The van der Waals surface area contributed by atoms with Crippen LogP contribution in [0.25, 0.3) is 0 Å². The molecule has 5 nitrogen and oxygen atoms in total. The smallest absolute Gasteiger partial charge is 0.273 e. The molecule has 0 radical (unpaired) electrons. The third kappa shape index (κ3) is 4.43. The van der Waals surface area contributed by atoms with Gasteiger partial charge < -0.3 is 0 Å². The van der Waals surface area contributed by atoms with Crippen LogP contribution in [0.1, 0.15) is 35.2 Å². The minimum absolute atomic E-state index is 0.00414. The number of imide groups is 1. The van der Waals surface area contributed by atoms with Crippen LogP contribution in [0.4, 0.5) is 0 Å². The maximum Gasteiger partial charge on any atom is 0.273 e. The van der Waals surface area contributed by atoms with Gasteiger partial charge in [0.2, 0.25) is 11.8 Å². The molecule has 27 heavy (non-hydrogen) atoms. The number of carbonyl (C=O) groups excluding carboxylic acids is 3. The summed E-state index contributed by atoms with van der Waals surface area (Å²) in [6.45, 7) is -0.00414. The Labute approximate surface area is 171 Å². The highest BCUT2D eigenvalue weighted by molar-refractivity contribution is 6.42. The lowest BCUT2D eigenvalue weighted by atomic mass is 10.1. The Morgan fingerprint density at radius 3 is 2.15 bits per heavy atom. The van der Waals surface area contributed by atoms with Gasteiger partial charge in [-0.05, 0) is 48.4 Å². The molecule has 1 saturated heterocycles. The molecule has 8 heteroatoms. The second-order valence-electron chi connectivity index (χ2n) is 6.07. The molecule has 0 atom stereocenters. The average molecular weight is 426 g/mol. The van der Waals surface area contributed by atoms with Crippen molar-refractivity contribution in [3.8, 4) is 0 Å². The third-order valence-electron chi connectivity index (χ3n) is 4.14. The van der Waals surface area contributed by atoms with Crippen LogP contribution in [0.15, 0.2) is 42.5 Å². The minimum Gasteiger partial charge on any atom is -0.273 e. The van der Waals surface area contributed by atoms with E-state index in [-0.39, 0.29) is 19.4 Å². The molecular weight excluding hydrogens is 411 g/mol. The van der Waals surface area contributed by atoms with Crippen molar-refractivity contribution in [2.45, 2.75) is 25.8 Å². The molecule has 140 valence electrons. The molecule has 0 N–H and O–H groups in total. The van der Waals surface area contributed by atoms with E-state index >= 15 is 0 Å². The summed E-state index contributed by atoms with van der Waals surface area (Å²) in [6.07, 6.45) is 0.888. The number of halogens is 3. The fourth-order valence-corrected chi connectivity index (χ4v) is 3.24. The van der Waals surface area contributed by atoms with Gasteiger partial charge >= 0.3 is 0 Å². The highest BCUT2D eigenvalue weighted by Gasteiger charge is 2.34. The lowest BCUT2D eigenvalue weighted by molar-refractivity contribution is -0.164. The van der Waals surface area contributed by atoms with Crippen LogP contribution < -0.4 is 0 Å². The van der Waals surface area contributed by atoms with E-state index in [0.29, 0.717) is 32.6 Å². The normalized spacial score (nSPS) is 14.4. The molecule has 3 rings (SSSR count). The zero-order valence-corrected chi connectivity index (χ0v) is 16.4. The van der Waals surface area contributed by atoms with Crippen LogP contribution in [0.5, 0.6) is 0 Å². The van der Waals surface area contributed by atoms with Gasteiger partial charge in [-0.2, -0.15) is 5.01 Å². The molecule has 0 bridgehead atoms. The monoisotopic (exact) mass is 424 g/mol. The van der Waals surface area contributed by atoms with Gasteiger partial charge in [-0.15, -0.1) is 0 Å². The zero-order chi connectivity index (χ0) is 19.6. The Morgan fingerprint density at radius 1 is 0.926 bits per heavy atom. The van der Waals surface area contributed by atoms with Crippen molar-refractivity contribution >= 4 is 52.5 Å². The van der Waals surface area contributed by atoms with Crippen molar-refractivity contribution in [2.75, 3.05) is 0 Å². The summed E-state index contributed by atoms with van der Waals surface area (Å²) in [6, 6.07) is 11.1. The van der Waals surface area contributed by atoms with Crippen molar-refractivity contribution in [1.29, 1.82) is 0 Å². The molecule has 0 spiro atoms. The third-order valence-corrected chi connectivity index (χ3v) is 5.13. The SMILES string of the molecule is O=C(c1ccc(Cl)cc1)N(Cc1ccc(Cl)c(Cl)c1)N1C(=O)CCCC1=O. The van der Waals surface area contributed by atoms with E-state index in [1.807, 2.05) is 0 Å². The molecule has 1 heterocycles. The summed E-state index contributed by atoms with van der Waals surface area (Å²) in [4.78, 5) is 37.9. The Kier molecular flexibility index (Phi) is 6.05. The Hall–Kier alpha value is -2.08. The van der Waals surface area contributed by atoms with Gasteiger partial charge in [0.05, 0.1) is 16.6 Å². The molecule has 2 aromatic rings. The van der Waals surface area contributed by atoms with E-state index in [9.17, 15) is 14.4 Å². The summed E-state index contributed by atoms with van der Waals surface area (Å²) in [5.74, 6) is -1.30. The van der Waals surface area contributed by atoms with Crippen molar-refractivity contribution < 1.29 is 14.4 Å². The number of hydrazine groups is 1. The van der Waals surface area contributed by atoms with Crippen LogP contribution >= 0.6 is 34.8 Å². The average Bonchev–Trinajstić information content (AvgIpc) is 2.63. The summed E-state index contributed by atoms with van der Waals surface area (Å²) < 4.78 is 0. The summed E-state index contributed by atoms with van der Waals surface area (Å²) in [7, 11) is 0. The number of amides is 3. The van der Waals surface area contributed by atoms with Crippen molar-refractivity contribution in [3.63, 3.8) is 0 Å². The lowest BCUT2D eigenvalue weighted by Crippen LogP contribution is -2.54. The van der Waals surface area contributed by atoms with Crippen LogP contribution in [0, 0.1) is 0 Å². The van der Waals surface area contributed by atoms with Gasteiger partial charge in [0.15, 0.2) is 0 Å². The van der Waals surface area contributed by atoms with E-state index in [4.69, 9.17) is 34.8 Å². The van der Waals surface area contributed by atoms with Crippen LogP contribution in [0.3, 0.4) is 0 Å². The Bertz CT molecular complexity index is 884. The highest BCUT2D eigenvalue weighted by atomic mass is 35.5. The number of piperidine rings is 1. The fraction of sp³-hybridized carbons (Fsp3) is 0.211. The minimum atomic E-state index is -0.485. The predicted octanol–water partition coefficient (Wildman–Crippen LogP) is 4.74. The van der Waals surface area contributed by atoms with Gasteiger partial charge in [0, 0.05) is 23.4 Å². The van der Waals surface area contributed by atoms with Crippen LogP contribution in [0.2, 0.25) is 15.1 Å². The number of carbonyl (C=O) groups is 3. The van der Waals surface area contributed by atoms with Gasteiger partial charge in [-0.25, -0.2) is 5.01 Å². The van der Waals surface area contributed by atoms with Gasteiger partial charge in [0.1, 0.15) is 0 Å². The lowest BCUT2D eigenvalue weighted by Gasteiger charge is -2.35. The first-order valence-corrected chi connectivity index (χ1v) is 9.37. The Morgan fingerprint density at radius 2 is 1.56 bits per heavy atom. The zero-order valence-electron chi connectivity index (χ0n) is 14.1. The van der Waals surface area contributed by atoms with E-state index in [2.05, 4.69) is 0 Å². The predicted molar refractivity (Wildman–Crippen MR) is 103 cm³/mol. The second-order valence-corrected chi connectivity index (χ2v) is 7.32. The summed E-state index contributed by atoms with van der Waals surface area (Å²) in [5.41, 5.74) is 0.948. The van der Waals surface area contributed by atoms with Crippen LogP contribution in [-0.4, -0.2) is 27.7 Å². The number of hydrogen-bond donors (Lipinski definition) is 0. The molecular formula is C19H15Cl3N2O3. The van der Waals surface area contributed by atoms with E-state index < -0.39 is 17.7 Å². The first-order chi connectivity index (χ1) is 12.9. The molecule has 1 aliphatic rings. The molecule has 1 aliphatic heterocycles. The molecule has 0 saturated carbocycles. The quantitative estimate of drug-likeness (QED) is 0.665. The molecule has 0 aliphatic carbocycles. The topological polar surface area (TPSA) is 57.7 Å². The van der Waals surface area contributed by atoms with E-state index in [1.165, 1.54) is 0 Å². The van der Waals surface area contributed by atoms with Crippen molar-refractivity contribution in [1.82, 2.24) is 10.0 Å². The molecule has 1 fully saturated rings. The maximum atomic E-state index is 13.1. The van der Waals surface area contributed by atoms with Crippen LogP contribution in [-0.2, 0) is 16.1 Å². The van der Waals surface area contributed by atoms with Gasteiger partial charge in [-0.3, -0.25) is 14.4 Å². The largest absolute Gasteiger partial charge is 0.273 e. The highest BCUT2D eigenvalue weighted by Crippen LogP contribution is 2.25. The van der Waals surface area contributed by atoms with Crippen molar-refractivity contribution in [3.05, 3.63) is 68.7 Å². The van der Waals surface area contributed by atoms with Gasteiger partial charge in [-0.1, -0.05) is 40.9 Å². The molecule has 3 amide bonds. The Balaban J connectivity index is 1.98. The van der Waals surface area contributed by atoms with Crippen molar-refractivity contribution in [2.24, 2.45) is 0 Å². The summed E-state index contributed by atoms with van der Waals surface area (Å²) in [5, 5.41) is 3.26. The number of rotatable bonds is 4. The molecule has 0 unspecified atom stereocenters. The number of hydrogen-bond acceptors (Lipinski definition) is 3. The number of nitrogens with zero attached hydrogens (tertiary/aromatic N) is 2. The maximum absolute atomic E-state index is 13.1. The molecule has 0 aromatic heterocycles. The standard InChI is InChI=1S/C19H15Cl3N2O3/c20-14-7-5-13(6-8-14)19(27)23(24-17(25)2-1-3-18(24)26)11-12-4-9-15(21)16(22)10-12/h4-10H,1-3,11H2. The first kappa shape index (κ1) is 19.7. The summed E-state index contributed by atoms with van der Waals surface area (Å²) >= 11 is 17.9. The van der Waals surface area contributed by atoms with E-state index in [1.54, 1.807) is 42.5 Å². The number of benzene rings is 2. The molecule has 2 aromatic carbocycles. The first-order valence-electron chi connectivity index (χ1n) is 8.24. The van der Waals surface area contributed by atoms with E-state index in [0.717, 1.165) is 10.0 Å².